The summed E-state index contributed by atoms with van der Waals surface area (Å²) in [6, 6.07) is -1.72. The summed E-state index contributed by atoms with van der Waals surface area (Å²) in [6.45, 7) is -0.109. The number of methoxy groups -OCH3 is 1. The van der Waals surface area contributed by atoms with Crippen molar-refractivity contribution < 1.29 is 24.2 Å². The zero-order valence-corrected chi connectivity index (χ0v) is 8.86. The fourth-order valence-corrected chi connectivity index (χ4v) is 1.42. The van der Waals surface area contributed by atoms with Gasteiger partial charge in [0.25, 0.3) is 0 Å². The lowest BCUT2D eigenvalue weighted by Crippen LogP contribution is -2.50. The Bertz CT molecular complexity index is 304. The lowest BCUT2D eigenvalue weighted by molar-refractivity contribution is -0.143. The van der Waals surface area contributed by atoms with Crippen LogP contribution in [0.5, 0.6) is 0 Å². The second kappa shape index (κ2) is 5.45. The van der Waals surface area contributed by atoms with E-state index in [2.05, 4.69) is 15.4 Å². The van der Waals surface area contributed by atoms with Crippen LogP contribution in [-0.4, -0.2) is 48.7 Å². The Balaban J connectivity index is 2.48. The molecule has 16 heavy (non-hydrogen) atoms. The van der Waals surface area contributed by atoms with Gasteiger partial charge in [0, 0.05) is 13.5 Å². The minimum absolute atomic E-state index is 0.109. The number of carboxylic acids is 1. The van der Waals surface area contributed by atoms with Crippen molar-refractivity contribution in [1.82, 2.24) is 10.6 Å². The molecule has 0 aromatic carbocycles. The van der Waals surface area contributed by atoms with E-state index in [1.807, 2.05) is 0 Å². The third-order valence-corrected chi connectivity index (χ3v) is 2.26. The average Bonchev–Trinajstić information content (AvgIpc) is 2.64. The van der Waals surface area contributed by atoms with Crippen molar-refractivity contribution in [3.8, 4) is 0 Å². The van der Waals surface area contributed by atoms with E-state index in [-0.39, 0.29) is 12.5 Å². The number of carboxylic acid groups (broad SMARTS) is 1. The van der Waals surface area contributed by atoms with Gasteiger partial charge in [0.2, 0.25) is 11.8 Å². The summed E-state index contributed by atoms with van der Waals surface area (Å²) in [4.78, 5) is 33.1. The molecule has 1 heterocycles. The minimum atomic E-state index is -1.17. The zero-order valence-electron chi connectivity index (χ0n) is 8.86. The first kappa shape index (κ1) is 12.4. The standard InChI is InChI=1S/C9H14N2O5/c1-16-4-6(9(14)15)11-8(13)5-2-3-7(12)10-5/h5-6H,2-4H2,1H3,(H,10,12)(H,11,13)(H,14,15)/t5-,6?/m0/s1. The largest absolute Gasteiger partial charge is 0.480 e. The first-order chi connectivity index (χ1) is 7.54. The highest BCUT2D eigenvalue weighted by atomic mass is 16.5. The molecule has 7 heteroatoms. The van der Waals surface area contributed by atoms with Crippen molar-refractivity contribution >= 4 is 17.8 Å². The Morgan fingerprint density at radius 2 is 2.38 bits per heavy atom. The molecule has 1 aliphatic rings. The van der Waals surface area contributed by atoms with Crippen molar-refractivity contribution in [3.05, 3.63) is 0 Å². The summed E-state index contributed by atoms with van der Waals surface area (Å²) in [5.41, 5.74) is 0. The number of carbonyl (C=O) groups excluding carboxylic acids is 2. The van der Waals surface area contributed by atoms with Crippen LogP contribution in [-0.2, 0) is 19.1 Å². The molecular weight excluding hydrogens is 216 g/mol. The number of amides is 2. The Morgan fingerprint density at radius 1 is 1.69 bits per heavy atom. The van der Waals surface area contributed by atoms with E-state index in [0.717, 1.165) is 0 Å². The summed E-state index contributed by atoms with van der Waals surface area (Å²) in [5.74, 6) is -1.85. The van der Waals surface area contributed by atoms with Crippen LogP contribution in [0.2, 0.25) is 0 Å². The van der Waals surface area contributed by atoms with Gasteiger partial charge in [-0.1, -0.05) is 0 Å². The smallest absolute Gasteiger partial charge is 0.328 e. The molecule has 2 atom stereocenters. The van der Waals surface area contributed by atoms with Crippen LogP contribution in [0, 0.1) is 0 Å². The highest BCUT2D eigenvalue weighted by Crippen LogP contribution is 2.06. The second-order valence-corrected chi connectivity index (χ2v) is 3.51. The molecule has 1 fully saturated rings. The minimum Gasteiger partial charge on any atom is -0.480 e. The van der Waals surface area contributed by atoms with Gasteiger partial charge < -0.3 is 20.5 Å². The molecule has 0 aromatic rings. The van der Waals surface area contributed by atoms with Crippen molar-refractivity contribution in [3.63, 3.8) is 0 Å². The predicted octanol–water partition coefficient (Wildman–Crippen LogP) is -1.52. The van der Waals surface area contributed by atoms with Crippen molar-refractivity contribution in [2.24, 2.45) is 0 Å². The molecule has 0 spiro atoms. The van der Waals surface area contributed by atoms with Gasteiger partial charge in [-0.3, -0.25) is 9.59 Å². The van der Waals surface area contributed by atoms with E-state index >= 15 is 0 Å². The average molecular weight is 230 g/mol. The molecule has 1 rings (SSSR count). The van der Waals surface area contributed by atoms with Gasteiger partial charge >= 0.3 is 5.97 Å². The van der Waals surface area contributed by atoms with Gasteiger partial charge in [-0.25, -0.2) is 4.79 Å². The van der Waals surface area contributed by atoms with Gasteiger partial charge in [0.15, 0.2) is 6.04 Å². The number of rotatable bonds is 5. The monoisotopic (exact) mass is 230 g/mol. The van der Waals surface area contributed by atoms with E-state index in [0.29, 0.717) is 12.8 Å². The first-order valence-electron chi connectivity index (χ1n) is 4.86. The molecule has 1 unspecified atom stereocenters. The number of hydrogen-bond acceptors (Lipinski definition) is 4. The SMILES string of the molecule is COCC(NC(=O)[C@@H]1CCC(=O)N1)C(=O)O. The number of nitrogens with one attached hydrogen (secondary N) is 2. The zero-order chi connectivity index (χ0) is 12.1. The van der Waals surface area contributed by atoms with Gasteiger partial charge in [-0.15, -0.1) is 0 Å². The molecule has 90 valence electrons. The van der Waals surface area contributed by atoms with Gasteiger partial charge in [0.1, 0.15) is 6.04 Å². The predicted molar refractivity (Wildman–Crippen MR) is 52.6 cm³/mol. The van der Waals surface area contributed by atoms with E-state index in [4.69, 9.17) is 5.11 Å². The van der Waals surface area contributed by atoms with Crippen LogP contribution < -0.4 is 10.6 Å². The molecule has 1 aliphatic heterocycles. The summed E-state index contributed by atoms with van der Waals surface area (Å²) in [6.07, 6.45) is 0.685. The summed E-state index contributed by atoms with van der Waals surface area (Å²) in [7, 11) is 1.35. The number of aliphatic carboxylic acids is 1. The third-order valence-electron chi connectivity index (χ3n) is 2.26. The first-order valence-corrected chi connectivity index (χ1v) is 4.86. The van der Waals surface area contributed by atoms with Crippen LogP contribution in [0.4, 0.5) is 0 Å². The van der Waals surface area contributed by atoms with Gasteiger partial charge in [0.05, 0.1) is 6.61 Å². The van der Waals surface area contributed by atoms with Crippen LogP contribution in [0.25, 0.3) is 0 Å². The van der Waals surface area contributed by atoms with E-state index in [1.54, 1.807) is 0 Å². The van der Waals surface area contributed by atoms with Crippen LogP contribution in [0.1, 0.15) is 12.8 Å². The van der Waals surface area contributed by atoms with E-state index in [9.17, 15) is 14.4 Å². The Morgan fingerprint density at radius 3 is 2.81 bits per heavy atom. The fraction of sp³-hybridized carbons (Fsp3) is 0.667. The maximum atomic E-state index is 11.5. The van der Waals surface area contributed by atoms with Crippen molar-refractivity contribution in [2.75, 3.05) is 13.7 Å². The second-order valence-electron chi connectivity index (χ2n) is 3.51. The molecule has 1 saturated heterocycles. The van der Waals surface area contributed by atoms with E-state index in [1.165, 1.54) is 7.11 Å². The molecule has 0 radical (unpaired) electrons. The van der Waals surface area contributed by atoms with Crippen LogP contribution in [0.15, 0.2) is 0 Å². The van der Waals surface area contributed by atoms with E-state index < -0.39 is 24.0 Å². The number of hydrogen-bond donors (Lipinski definition) is 3. The highest BCUT2D eigenvalue weighted by molar-refractivity contribution is 5.92. The lowest BCUT2D eigenvalue weighted by atomic mass is 10.2. The molecule has 0 saturated carbocycles. The lowest BCUT2D eigenvalue weighted by Gasteiger charge is -2.16. The molecule has 7 nitrogen and oxygen atoms in total. The topological polar surface area (TPSA) is 105 Å². The van der Waals surface area contributed by atoms with Gasteiger partial charge in [-0.05, 0) is 6.42 Å². The molecule has 2 amide bonds. The maximum Gasteiger partial charge on any atom is 0.328 e. The summed E-state index contributed by atoms with van der Waals surface area (Å²) >= 11 is 0. The van der Waals surface area contributed by atoms with Crippen LogP contribution >= 0.6 is 0 Å². The fourth-order valence-electron chi connectivity index (χ4n) is 1.42. The third kappa shape index (κ3) is 3.20. The molecule has 0 aromatic heterocycles. The maximum absolute atomic E-state index is 11.5. The molecule has 0 aliphatic carbocycles. The molecule has 0 bridgehead atoms. The quantitative estimate of drug-likeness (QED) is 0.532. The van der Waals surface area contributed by atoms with Crippen molar-refractivity contribution in [2.45, 2.75) is 24.9 Å². The van der Waals surface area contributed by atoms with Crippen molar-refractivity contribution in [1.29, 1.82) is 0 Å². The normalized spacial score (nSPS) is 21.3. The molecule has 3 N–H and O–H groups in total. The molecular formula is C9H14N2O5. The van der Waals surface area contributed by atoms with Gasteiger partial charge in [-0.2, -0.15) is 0 Å². The number of ether oxygens (including phenoxy) is 1. The number of carbonyl (C=O) groups is 3. The summed E-state index contributed by atoms with van der Waals surface area (Å²) < 4.78 is 4.67. The Hall–Kier alpha value is -1.63. The Kier molecular flexibility index (Phi) is 4.24. The summed E-state index contributed by atoms with van der Waals surface area (Å²) in [5, 5.41) is 13.5. The van der Waals surface area contributed by atoms with Crippen LogP contribution in [0.3, 0.4) is 0 Å². The Labute approximate surface area is 92.1 Å². The highest BCUT2D eigenvalue weighted by Gasteiger charge is 2.30.